The van der Waals surface area contributed by atoms with Gasteiger partial charge in [0.15, 0.2) is 0 Å². The Kier molecular flexibility index (Phi) is 5.73. The first-order valence-electron chi connectivity index (χ1n) is 6.84. The van der Waals surface area contributed by atoms with Crippen LogP contribution in [0.2, 0.25) is 0 Å². The maximum atomic E-state index is 8.96. The molecule has 0 aromatic heterocycles. The summed E-state index contributed by atoms with van der Waals surface area (Å²) >= 11 is 0. The molecule has 0 saturated carbocycles. The molecule has 1 aliphatic heterocycles. The van der Waals surface area contributed by atoms with Crippen LogP contribution in [0.1, 0.15) is 46.5 Å². The monoisotopic (exact) mass is 228 g/mol. The Morgan fingerprint density at radius 1 is 1.31 bits per heavy atom. The highest BCUT2D eigenvalue weighted by Crippen LogP contribution is 2.34. The van der Waals surface area contributed by atoms with E-state index in [4.69, 9.17) is 5.11 Å². The van der Waals surface area contributed by atoms with Crippen LogP contribution in [0, 0.1) is 0 Å². The first-order valence-corrected chi connectivity index (χ1v) is 6.84. The Balaban J connectivity index is 2.77. The van der Waals surface area contributed by atoms with Gasteiger partial charge in [0, 0.05) is 18.1 Å². The van der Waals surface area contributed by atoms with Crippen molar-refractivity contribution in [2.45, 2.75) is 58.0 Å². The Bertz CT molecular complexity index is 192. The number of nitrogens with zero attached hydrogens (tertiary/aromatic N) is 1. The smallest absolute Gasteiger partial charge is 0.0556 e. The number of rotatable bonds is 6. The van der Waals surface area contributed by atoms with Crippen molar-refractivity contribution in [2.75, 3.05) is 26.2 Å². The lowest BCUT2D eigenvalue weighted by Gasteiger charge is -2.52. The zero-order valence-corrected chi connectivity index (χ0v) is 11.1. The van der Waals surface area contributed by atoms with Gasteiger partial charge in [0.05, 0.1) is 6.61 Å². The number of hydrogen-bond donors (Lipinski definition) is 2. The predicted octanol–water partition coefficient (Wildman–Crippen LogP) is 1.61. The summed E-state index contributed by atoms with van der Waals surface area (Å²) < 4.78 is 0. The largest absolute Gasteiger partial charge is 0.395 e. The van der Waals surface area contributed by atoms with E-state index in [2.05, 4.69) is 31.0 Å². The van der Waals surface area contributed by atoms with Crippen LogP contribution in [0.3, 0.4) is 0 Å². The van der Waals surface area contributed by atoms with E-state index in [1.165, 1.54) is 32.2 Å². The van der Waals surface area contributed by atoms with Gasteiger partial charge in [-0.2, -0.15) is 0 Å². The first-order chi connectivity index (χ1) is 7.75. The number of likely N-dealkylation sites (tertiary alicyclic amines) is 1. The Morgan fingerprint density at radius 3 is 2.50 bits per heavy atom. The molecular formula is C13H28N2O. The minimum atomic E-state index is 0.242. The van der Waals surface area contributed by atoms with Crippen LogP contribution >= 0.6 is 0 Å². The third kappa shape index (κ3) is 2.58. The van der Waals surface area contributed by atoms with Crippen LogP contribution in [-0.2, 0) is 0 Å². The average Bonchev–Trinajstić information content (AvgIpc) is 2.35. The number of hydrogen-bond acceptors (Lipinski definition) is 3. The predicted molar refractivity (Wildman–Crippen MR) is 68.7 cm³/mol. The lowest BCUT2D eigenvalue weighted by Crippen LogP contribution is -2.64. The maximum absolute atomic E-state index is 8.96. The van der Waals surface area contributed by atoms with Gasteiger partial charge in [0.2, 0.25) is 0 Å². The number of piperidine rings is 1. The van der Waals surface area contributed by atoms with Crippen molar-refractivity contribution in [2.24, 2.45) is 0 Å². The summed E-state index contributed by atoms with van der Waals surface area (Å²) in [5.74, 6) is 0. The van der Waals surface area contributed by atoms with Crippen molar-refractivity contribution in [3.05, 3.63) is 0 Å². The molecule has 1 fully saturated rings. The topological polar surface area (TPSA) is 35.5 Å². The second-order valence-corrected chi connectivity index (χ2v) is 4.76. The fourth-order valence-corrected chi connectivity index (χ4v) is 3.39. The molecule has 1 aliphatic rings. The van der Waals surface area contributed by atoms with Gasteiger partial charge in [-0.1, -0.05) is 20.8 Å². The molecule has 1 rings (SSSR count). The highest BCUT2D eigenvalue weighted by atomic mass is 16.3. The molecule has 0 radical (unpaired) electrons. The lowest BCUT2D eigenvalue weighted by molar-refractivity contribution is 0.0103. The maximum Gasteiger partial charge on any atom is 0.0556 e. The Hall–Kier alpha value is -0.120. The molecule has 0 amide bonds. The van der Waals surface area contributed by atoms with E-state index >= 15 is 0 Å². The summed E-state index contributed by atoms with van der Waals surface area (Å²) in [6.45, 7) is 10.2. The number of nitrogens with one attached hydrogen (secondary N) is 1. The van der Waals surface area contributed by atoms with Crippen LogP contribution in [0.15, 0.2) is 0 Å². The molecule has 1 unspecified atom stereocenters. The van der Waals surface area contributed by atoms with Gasteiger partial charge in [-0.05, 0) is 38.8 Å². The Morgan fingerprint density at radius 2 is 2.00 bits per heavy atom. The Labute approximate surface area is 100 Å². The molecule has 1 atom stereocenters. The number of likely N-dealkylation sites (N-methyl/N-ethyl adjacent to an activating group) is 1. The third-order valence-electron chi connectivity index (χ3n) is 4.31. The van der Waals surface area contributed by atoms with Crippen molar-refractivity contribution < 1.29 is 5.11 Å². The van der Waals surface area contributed by atoms with Gasteiger partial charge in [0.25, 0.3) is 0 Å². The summed E-state index contributed by atoms with van der Waals surface area (Å²) in [5.41, 5.74) is 0.308. The molecule has 3 nitrogen and oxygen atoms in total. The molecule has 0 aromatic carbocycles. The number of aliphatic hydroxyl groups excluding tert-OH is 1. The molecule has 0 spiro atoms. The second-order valence-electron chi connectivity index (χ2n) is 4.76. The highest BCUT2D eigenvalue weighted by molar-refractivity contribution is 5.01. The van der Waals surface area contributed by atoms with E-state index in [1.54, 1.807) is 0 Å². The minimum Gasteiger partial charge on any atom is -0.395 e. The zero-order valence-electron chi connectivity index (χ0n) is 11.1. The molecule has 96 valence electrons. The second kappa shape index (κ2) is 6.58. The van der Waals surface area contributed by atoms with Gasteiger partial charge < -0.3 is 10.4 Å². The summed E-state index contributed by atoms with van der Waals surface area (Å²) in [6, 6.07) is 0.545. The van der Waals surface area contributed by atoms with Crippen LogP contribution in [-0.4, -0.2) is 47.8 Å². The average molecular weight is 228 g/mol. The normalized spacial score (nSPS) is 25.9. The molecule has 1 heterocycles. The van der Waals surface area contributed by atoms with Gasteiger partial charge in [-0.25, -0.2) is 0 Å². The van der Waals surface area contributed by atoms with Crippen LogP contribution in [0.4, 0.5) is 0 Å². The lowest BCUT2D eigenvalue weighted by atomic mass is 9.77. The summed E-state index contributed by atoms with van der Waals surface area (Å²) in [4.78, 5) is 2.63. The van der Waals surface area contributed by atoms with E-state index in [0.29, 0.717) is 11.6 Å². The summed E-state index contributed by atoms with van der Waals surface area (Å²) in [5, 5.41) is 12.5. The van der Waals surface area contributed by atoms with Crippen molar-refractivity contribution in [3.63, 3.8) is 0 Å². The SMILES string of the molecule is CCN1CCCC(NCCO)C1(CC)CC. The molecular weight excluding hydrogens is 200 g/mol. The fraction of sp³-hybridized carbons (Fsp3) is 1.00. The molecule has 3 heteroatoms. The molecule has 1 saturated heterocycles. The zero-order chi connectivity index (χ0) is 12.0. The minimum absolute atomic E-state index is 0.242. The summed E-state index contributed by atoms with van der Waals surface area (Å²) in [6.07, 6.45) is 4.91. The van der Waals surface area contributed by atoms with E-state index < -0.39 is 0 Å². The van der Waals surface area contributed by atoms with E-state index in [-0.39, 0.29) is 6.61 Å². The van der Waals surface area contributed by atoms with Gasteiger partial charge in [0.1, 0.15) is 0 Å². The highest BCUT2D eigenvalue weighted by Gasteiger charge is 2.42. The summed E-state index contributed by atoms with van der Waals surface area (Å²) in [7, 11) is 0. The van der Waals surface area contributed by atoms with E-state index in [0.717, 1.165) is 13.1 Å². The fourth-order valence-electron chi connectivity index (χ4n) is 3.39. The standard InChI is InChI=1S/C13H28N2O/c1-4-13(5-2)12(14-9-11-16)8-7-10-15(13)6-3/h12,14,16H,4-11H2,1-3H3. The van der Waals surface area contributed by atoms with Crippen LogP contribution in [0.25, 0.3) is 0 Å². The van der Waals surface area contributed by atoms with Crippen LogP contribution < -0.4 is 5.32 Å². The van der Waals surface area contributed by atoms with E-state index in [9.17, 15) is 0 Å². The molecule has 16 heavy (non-hydrogen) atoms. The van der Waals surface area contributed by atoms with Gasteiger partial charge >= 0.3 is 0 Å². The van der Waals surface area contributed by atoms with E-state index in [1.807, 2.05) is 0 Å². The molecule has 0 aliphatic carbocycles. The van der Waals surface area contributed by atoms with Crippen molar-refractivity contribution in [1.29, 1.82) is 0 Å². The molecule has 0 bridgehead atoms. The first kappa shape index (κ1) is 13.9. The quantitative estimate of drug-likeness (QED) is 0.725. The number of aliphatic hydroxyl groups is 1. The molecule has 0 aromatic rings. The van der Waals surface area contributed by atoms with Gasteiger partial charge in [-0.3, -0.25) is 4.90 Å². The van der Waals surface area contributed by atoms with Crippen molar-refractivity contribution in [3.8, 4) is 0 Å². The van der Waals surface area contributed by atoms with Gasteiger partial charge in [-0.15, -0.1) is 0 Å². The van der Waals surface area contributed by atoms with Crippen molar-refractivity contribution in [1.82, 2.24) is 10.2 Å². The third-order valence-corrected chi connectivity index (χ3v) is 4.31. The molecule has 2 N–H and O–H groups in total. The van der Waals surface area contributed by atoms with Crippen LogP contribution in [0.5, 0.6) is 0 Å². The van der Waals surface area contributed by atoms with Crippen molar-refractivity contribution >= 4 is 0 Å².